The van der Waals surface area contributed by atoms with Crippen LogP contribution >= 0.6 is 0 Å². The SMILES string of the molecule is N#CC(C#N)=C1C(c2cc(C(F)(F)F)cc(C(F)(F)F)c2)=C(C#N)c2c(C#N)c3c(c(C#N)c21)C(C#N)=C(c1ccc(C(F)(F)F)c(C#N)c1)C3=C(C#N)C#N. The minimum atomic E-state index is -5.44. The second-order valence-electron chi connectivity index (χ2n) is 11.3. The number of halogens is 9. The highest BCUT2D eigenvalue weighted by Crippen LogP contribution is 2.58. The van der Waals surface area contributed by atoms with Crippen molar-refractivity contribution in [1.29, 1.82) is 47.4 Å². The third-order valence-corrected chi connectivity index (χ3v) is 8.50. The van der Waals surface area contributed by atoms with Crippen LogP contribution in [0.1, 0.15) is 66.8 Å². The summed E-state index contributed by atoms with van der Waals surface area (Å²) in [5.41, 5.74) is -19.1. The molecule has 0 aromatic heterocycles. The molecule has 0 saturated carbocycles. The fourth-order valence-electron chi connectivity index (χ4n) is 6.44. The zero-order chi connectivity index (χ0) is 41.7. The maximum Gasteiger partial charge on any atom is 0.417 e. The molecule has 0 amide bonds. The quantitative estimate of drug-likeness (QED) is 0.180. The molecule has 9 nitrogen and oxygen atoms in total. The first-order chi connectivity index (χ1) is 26.3. The van der Waals surface area contributed by atoms with Gasteiger partial charge in [-0.25, -0.2) is 0 Å². The predicted octanol–water partition coefficient (Wildman–Crippen LogP) is 8.86. The number of allylic oxidation sites excluding steroid dienone is 8. The van der Waals surface area contributed by atoms with Gasteiger partial charge in [-0.1, -0.05) is 6.07 Å². The summed E-state index contributed by atoms with van der Waals surface area (Å²) >= 11 is 0. The molecule has 0 fully saturated rings. The lowest BCUT2D eigenvalue weighted by Crippen LogP contribution is -2.12. The highest BCUT2D eigenvalue weighted by molar-refractivity contribution is 6.32. The Balaban J connectivity index is 2.10. The van der Waals surface area contributed by atoms with E-state index >= 15 is 0 Å². The van der Waals surface area contributed by atoms with Gasteiger partial charge in [-0.3, -0.25) is 0 Å². The smallest absolute Gasteiger partial charge is 0.192 e. The molecule has 3 aromatic rings. The van der Waals surface area contributed by atoms with E-state index < -0.39 is 130 Å². The Hall–Kier alpha value is -8.60. The third kappa shape index (κ3) is 5.78. The molecule has 2 aliphatic rings. The molecule has 266 valence electrons. The van der Waals surface area contributed by atoms with E-state index in [1.54, 1.807) is 24.3 Å². The molecule has 0 heterocycles. The molecule has 3 aromatic carbocycles. The molecule has 0 aliphatic heterocycles. The molecule has 18 heteroatoms. The van der Waals surface area contributed by atoms with E-state index in [2.05, 4.69) is 0 Å². The summed E-state index contributed by atoms with van der Waals surface area (Å²) in [7, 11) is 0. The van der Waals surface area contributed by atoms with Crippen LogP contribution in [0.3, 0.4) is 0 Å². The Bertz CT molecular complexity index is 2840. The van der Waals surface area contributed by atoms with Crippen molar-refractivity contribution in [2.24, 2.45) is 0 Å². The highest BCUT2D eigenvalue weighted by Gasteiger charge is 2.45. The first-order valence-corrected chi connectivity index (χ1v) is 14.7. The summed E-state index contributed by atoms with van der Waals surface area (Å²) in [6.07, 6.45) is -16.0. The lowest BCUT2D eigenvalue weighted by atomic mass is 9.82. The standard InChI is InChI=1S/C38H6F9N9/c39-36(40,41)21-4-17(5-22(6-21)37(42,43)44)29-24(13-54)33-26(15-56)34-30(19(8-49)9-50)28(16-1-2-27(38(45,46)47)18(3-16)7-48)23(12-53)32(34)25(14-55)35(33)31(29)20(10-51)11-52/h1-6H. The third-order valence-electron chi connectivity index (χ3n) is 8.50. The van der Waals surface area contributed by atoms with Gasteiger partial charge in [-0.05, 0) is 41.5 Å². The average Bonchev–Trinajstić information content (AvgIpc) is 3.67. The normalized spacial score (nSPS) is 13.1. The Morgan fingerprint density at radius 3 is 1.16 bits per heavy atom. The number of rotatable bonds is 2. The second-order valence-corrected chi connectivity index (χ2v) is 11.3. The lowest BCUT2D eigenvalue weighted by Gasteiger charge is -2.17. The average molecular weight is 760 g/mol. The van der Waals surface area contributed by atoms with Crippen molar-refractivity contribution >= 4 is 33.4 Å². The van der Waals surface area contributed by atoms with Crippen molar-refractivity contribution < 1.29 is 39.5 Å². The van der Waals surface area contributed by atoms with Crippen molar-refractivity contribution in [3.63, 3.8) is 0 Å². The van der Waals surface area contributed by atoms with Gasteiger partial charge in [0, 0.05) is 44.5 Å². The summed E-state index contributed by atoms with van der Waals surface area (Å²) < 4.78 is 125. The van der Waals surface area contributed by atoms with Crippen LogP contribution < -0.4 is 0 Å². The fraction of sp³-hybridized carbons (Fsp3) is 0.0789. The van der Waals surface area contributed by atoms with Crippen LogP contribution in [0.25, 0.3) is 33.4 Å². The zero-order valence-corrected chi connectivity index (χ0v) is 26.9. The topological polar surface area (TPSA) is 214 Å². The number of hydrogen-bond acceptors (Lipinski definition) is 9. The molecule has 0 N–H and O–H groups in total. The van der Waals surface area contributed by atoms with Gasteiger partial charge in [0.1, 0.15) is 59.7 Å². The van der Waals surface area contributed by atoms with Gasteiger partial charge in [0.15, 0.2) is 0 Å². The van der Waals surface area contributed by atoms with Gasteiger partial charge in [-0.2, -0.15) is 86.9 Å². The van der Waals surface area contributed by atoms with Gasteiger partial charge < -0.3 is 0 Å². The first kappa shape index (κ1) is 38.6. The number of nitrogens with zero attached hydrogens (tertiary/aromatic N) is 9. The summed E-state index contributed by atoms with van der Waals surface area (Å²) in [6, 6.07) is 15.6. The minimum absolute atomic E-state index is 0.164. The number of benzene rings is 3. The molecule has 0 saturated heterocycles. The van der Waals surface area contributed by atoms with E-state index in [-0.39, 0.29) is 18.2 Å². The maximum atomic E-state index is 14.0. The van der Waals surface area contributed by atoms with E-state index in [0.29, 0.717) is 12.1 Å². The van der Waals surface area contributed by atoms with Gasteiger partial charge in [0.25, 0.3) is 0 Å². The predicted molar refractivity (Wildman–Crippen MR) is 170 cm³/mol. The van der Waals surface area contributed by atoms with Crippen molar-refractivity contribution in [3.05, 3.63) is 114 Å². The van der Waals surface area contributed by atoms with Crippen molar-refractivity contribution in [3.8, 4) is 54.6 Å². The number of nitriles is 9. The molecule has 2 aliphatic carbocycles. The van der Waals surface area contributed by atoms with Crippen LogP contribution in [0.5, 0.6) is 0 Å². The maximum absolute atomic E-state index is 14.0. The Kier molecular flexibility index (Phi) is 9.26. The van der Waals surface area contributed by atoms with Crippen molar-refractivity contribution in [2.45, 2.75) is 18.5 Å². The Morgan fingerprint density at radius 2 is 0.839 bits per heavy atom. The van der Waals surface area contributed by atoms with Crippen molar-refractivity contribution in [1.82, 2.24) is 0 Å². The number of alkyl halides is 9. The molecule has 5 rings (SSSR count). The van der Waals surface area contributed by atoms with E-state index in [9.17, 15) is 86.9 Å². The molecule has 0 spiro atoms. The fourth-order valence-corrected chi connectivity index (χ4v) is 6.44. The molecule has 0 atom stereocenters. The zero-order valence-electron chi connectivity index (χ0n) is 26.9. The monoisotopic (exact) mass is 759 g/mol. The first-order valence-electron chi connectivity index (χ1n) is 14.7. The van der Waals surface area contributed by atoms with E-state index in [1.165, 1.54) is 30.3 Å². The summed E-state index contributed by atoms with van der Waals surface area (Å²) in [5.74, 6) is 0. The molecule has 0 bridgehead atoms. The summed E-state index contributed by atoms with van der Waals surface area (Å²) in [4.78, 5) is 0. The molecule has 0 radical (unpaired) electrons. The van der Waals surface area contributed by atoms with Crippen LogP contribution in [0.15, 0.2) is 47.5 Å². The van der Waals surface area contributed by atoms with Crippen LogP contribution in [-0.2, 0) is 18.5 Å². The van der Waals surface area contributed by atoms with E-state index in [4.69, 9.17) is 0 Å². The van der Waals surface area contributed by atoms with Crippen LogP contribution in [0.2, 0.25) is 0 Å². The molecular weight excluding hydrogens is 753 g/mol. The van der Waals surface area contributed by atoms with Crippen LogP contribution in [0, 0.1) is 102 Å². The number of hydrogen-bond donors (Lipinski definition) is 0. The number of fused-ring (bicyclic) bond motifs is 2. The summed E-state index contributed by atoms with van der Waals surface area (Å²) in [6.45, 7) is 0. The minimum Gasteiger partial charge on any atom is -0.192 e. The Labute approximate surface area is 307 Å². The van der Waals surface area contributed by atoms with Crippen LogP contribution in [0.4, 0.5) is 39.5 Å². The van der Waals surface area contributed by atoms with Gasteiger partial charge >= 0.3 is 18.5 Å². The van der Waals surface area contributed by atoms with E-state index in [1.807, 2.05) is 0 Å². The largest absolute Gasteiger partial charge is 0.417 e. The lowest BCUT2D eigenvalue weighted by molar-refractivity contribution is -0.143. The van der Waals surface area contributed by atoms with Crippen molar-refractivity contribution in [2.75, 3.05) is 0 Å². The summed E-state index contributed by atoms with van der Waals surface area (Å²) in [5, 5.41) is 91.9. The molecule has 56 heavy (non-hydrogen) atoms. The highest BCUT2D eigenvalue weighted by atomic mass is 19.4. The molecular formula is C38H6F9N9. The molecule has 0 unspecified atom stereocenters. The van der Waals surface area contributed by atoms with Crippen LogP contribution in [-0.4, -0.2) is 0 Å². The van der Waals surface area contributed by atoms with E-state index in [0.717, 1.165) is 6.07 Å². The van der Waals surface area contributed by atoms with Gasteiger partial charge in [0.2, 0.25) is 0 Å². The van der Waals surface area contributed by atoms with Gasteiger partial charge in [0.05, 0.1) is 50.6 Å². The Morgan fingerprint density at radius 1 is 0.429 bits per heavy atom. The van der Waals surface area contributed by atoms with Gasteiger partial charge in [-0.15, -0.1) is 0 Å². The second kappa shape index (κ2) is 13.4.